The molecule has 0 saturated heterocycles. The number of methoxy groups -OCH3 is 1. The SMILES string of the molecule is CCCCOC[CH]C(=O)OC. The van der Waals surface area contributed by atoms with Crippen molar-refractivity contribution in [2.75, 3.05) is 20.3 Å². The fourth-order valence-electron chi connectivity index (χ4n) is 0.540. The Labute approximate surface area is 67.7 Å². The largest absolute Gasteiger partial charge is 0.469 e. The third-order valence-corrected chi connectivity index (χ3v) is 1.21. The topological polar surface area (TPSA) is 35.5 Å². The molecule has 0 aromatic heterocycles. The van der Waals surface area contributed by atoms with Crippen LogP contribution in [0.4, 0.5) is 0 Å². The van der Waals surface area contributed by atoms with Gasteiger partial charge in [0, 0.05) is 6.61 Å². The normalized spacial score (nSPS) is 9.64. The van der Waals surface area contributed by atoms with Gasteiger partial charge in [-0.25, -0.2) is 0 Å². The molecule has 0 unspecified atom stereocenters. The Bertz CT molecular complexity index is 102. The average Bonchev–Trinajstić information content (AvgIpc) is 2.04. The van der Waals surface area contributed by atoms with Crippen molar-refractivity contribution in [2.45, 2.75) is 19.8 Å². The van der Waals surface area contributed by atoms with Gasteiger partial charge in [0.05, 0.1) is 20.1 Å². The second-order valence-electron chi connectivity index (χ2n) is 2.16. The number of rotatable bonds is 6. The summed E-state index contributed by atoms with van der Waals surface area (Å²) in [6, 6.07) is 0. The van der Waals surface area contributed by atoms with Crippen molar-refractivity contribution in [3.8, 4) is 0 Å². The molecule has 11 heavy (non-hydrogen) atoms. The van der Waals surface area contributed by atoms with Gasteiger partial charge in [-0.05, 0) is 6.42 Å². The summed E-state index contributed by atoms with van der Waals surface area (Å²) in [5.41, 5.74) is 0. The van der Waals surface area contributed by atoms with E-state index in [-0.39, 0.29) is 5.97 Å². The third-order valence-electron chi connectivity index (χ3n) is 1.21. The van der Waals surface area contributed by atoms with E-state index < -0.39 is 0 Å². The predicted octanol–water partition coefficient (Wildman–Crippen LogP) is 1.18. The lowest BCUT2D eigenvalue weighted by Crippen LogP contribution is -2.07. The predicted molar refractivity (Wildman–Crippen MR) is 42.0 cm³/mol. The van der Waals surface area contributed by atoms with Crippen LogP contribution >= 0.6 is 0 Å². The molecule has 3 heteroatoms. The highest BCUT2D eigenvalue weighted by atomic mass is 16.5. The number of esters is 1. The number of carbonyl (C=O) groups excluding carboxylic acids is 1. The van der Waals surface area contributed by atoms with Crippen LogP contribution in [0.5, 0.6) is 0 Å². The van der Waals surface area contributed by atoms with Crippen molar-refractivity contribution < 1.29 is 14.3 Å². The van der Waals surface area contributed by atoms with Crippen LogP contribution in [0.3, 0.4) is 0 Å². The highest BCUT2D eigenvalue weighted by Gasteiger charge is 1.98. The maximum atomic E-state index is 10.5. The van der Waals surface area contributed by atoms with Gasteiger partial charge >= 0.3 is 5.97 Å². The Morgan fingerprint density at radius 3 is 2.82 bits per heavy atom. The van der Waals surface area contributed by atoms with Crippen molar-refractivity contribution in [3.63, 3.8) is 0 Å². The van der Waals surface area contributed by atoms with Gasteiger partial charge in [0.15, 0.2) is 0 Å². The molecule has 0 rings (SSSR count). The minimum Gasteiger partial charge on any atom is -0.469 e. The van der Waals surface area contributed by atoms with Crippen molar-refractivity contribution >= 4 is 5.97 Å². The molecule has 1 radical (unpaired) electrons. The highest BCUT2D eigenvalue weighted by Crippen LogP contribution is 1.89. The Kier molecular flexibility index (Phi) is 7.15. The molecule has 0 fully saturated rings. The first kappa shape index (κ1) is 10.4. The molecule has 0 heterocycles. The van der Waals surface area contributed by atoms with E-state index in [0.717, 1.165) is 12.8 Å². The lowest BCUT2D eigenvalue weighted by atomic mass is 10.4. The van der Waals surface area contributed by atoms with Gasteiger partial charge in [-0.1, -0.05) is 13.3 Å². The van der Waals surface area contributed by atoms with E-state index >= 15 is 0 Å². The first-order chi connectivity index (χ1) is 5.31. The zero-order valence-corrected chi connectivity index (χ0v) is 7.13. The molecule has 0 aliphatic heterocycles. The van der Waals surface area contributed by atoms with E-state index in [1.807, 2.05) is 0 Å². The van der Waals surface area contributed by atoms with Gasteiger partial charge in [0.25, 0.3) is 0 Å². The zero-order valence-electron chi connectivity index (χ0n) is 7.13. The maximum Gasteiger partial charge on any atom is 0.311 e. The molecule has 65 valence electrons. The minimum absolute atomic E-state index is 0.332. The summed E-state index contributed by atoms with van der Waals surface area (Å²) in [6.45, 7) is 3.16. The molecule has 0 amide bonds. The van der Waals surface area contributed by atoms with Crippen LogP contribution in [-0.2, 0) is 14.3 Å². The fraction of sp³-hybridized carbons (Fsp3) is 0.750. The molecule has 0 spiro atoms. The van der Waals surface area contributed by atoms with Gasteiger partial charge in [-0.15, -0.1) is 0 Å². The van der Waals surface area contributed by atoms with Crippen LogP contribution in [0, 0.1) is 6.42 Å². The van der Waals surface area contributed by atoms with Crippen LogP contribution in [0.25, 0.3) is 0 Å². The van der Waals surface area contributed by atoms with E-state index in [0.29, 0.717) is 13.2 Å². The third kappa shape index (κ3) is 7.33. The standard InChI is InChI=1S/C8H15O3/c1-3-4-6-11-7-5-8(9)10-2/h5H,3-4,6-7H2,1-2H3. The van der Waals surface area contributed by atoms with Gasteiger partial charge in [-0.2, -0.15) is 0 Å². The molecule has 0 N–H and O–H groups in total. The van der Waals surface area contributed by atoms with Crippen molar-refractivity contribution in [2.24, 2.45) is 0 Å². The van der Waals surface area contributed by atoms with Crippen molar-refractivity contribution in [1.82, 2.24) is 0 Å². The second-order valence-corrected chi connectivity index (χ2v) is 2.16. The zero-order chi connectivity index (χ0) is 8.53. The summed E-state index contributed by atoms with van der Waals surface area (Å²) in [5.74, 6) is -0.332. The molecule has 3 nitrogen and oxygen atoms in total. The van der Waals surface area contributed by atoms with Crippen LogP contribution < -0.4 is 0 Å². The minimum atomic E-state index is -0.332. The van der Waals surface area contributed by atoms with Crippen LogP contribution in [0.2, 0.25) is 0 Å². The van der Waals surface area contributed by atoms with Gasteiger partial charge < -0.3 is 9.47 Å². The Hall–Kier alpha value is -0.570. The van der Waals surface area contributed by atoms with Crippen LogP contribution in [0.15, 0.2) is 0 Å². The van der Waals surface area contributed by atoms with E-state index in [1.54, 1.807) is 0 Å². The number of hydrogen-bond donors (Lipinski definition) is 0. The Morgan fingerprint density at radius 2 is 2.27 bits per heavy atom. The van der Waals surface area contributed by atoms with Crippen LogP contribution in [0.1, 0.15) is 19.8 Å². The molecule has 0 aromatic carbocycles. The summed E-state index contributed by atoms with van der Waals surface area (Å²) in [4.78, 5) is 10.5. The molecule has 0 aliphatic rings. The maximum absolute atomic E-state index is 10.5. The molecule has 0 bridgehead atoms. The molecule has 0 atom stereocenters. The quantitative estimate of drug-likeness (QED) is 0.431. The number of unbranched alkanes of at least 4 members (excludes halogenated alkanes) is 1. The lowest BCUT2D eigenvalue weighted by Gasteiger charge is -2.00. The molecule has 0 saturated carbocycles. The molecular weight excluding hydrogens is 144 g/mol. The van der Waals surface area contributed by atoms with E-state index in [2.05, 4.69) is 11.7 Å². The van der Waals surface area contributed by atoms with Crippen LogP contribution in [-0.4, -0.2) is 26.3 Å². The van der Waals surface area contributed by atoms with Gasteiger partial charge in [-0.3, -0.25) is 4.79 Å². The first-order valence-corrected chi connectivity index (χ1v) is 3.80. The van der Waals surface area contributed by atoms with Gasteiger partial charge in [0.1, 0.15) is 0 Å². The van der Waals surface area contributed by atoms with Crippen molar-refractivity contribution in [1.29, 1.82) is 0 Å². The van der Waals surface area contributed by atoms with E-state index in [1.165, 1.54) is 13.5 Å². The highest BCUT2D eigenvalue weighted by molar-refractivity contribution is 5.78. The number of carbonyl (C=O) groups is 1. The smallest absolute Gasteiger partial charge is 0.311 e. The number of ether oxygens (including phenoxy) is 2. The van der Waals surface area contributed by atoms with Crippen molar-refractivity contribution in [3.05, 3.63) is 6.42 Å². The summed E-state index contributed by atoms with van der Waals surface area (Å²) in [7, 11) is 1.35. The molecular formula is C8H15O3. The lowest BCUT2D eigenvalue weighted by molar-refractivity contribution is -0.137. The number of hydrogen-bond acceptors (Lipinski definition) is 3. The summed E-state index contributed by atoms with van der Waals surface area (Å²) < 4.78 is 9.47. The summed E-state index contributed by atoms with van der Waals surface area (Å²) in [5, 5.41) is 0. The summed E-state index contributed by atoms with van der Waals surface area (Å²) in [6.07, 6.45) is 3.53. The molecule has 0 aromatic rings. The first-order valence-electron chi connectivity index (χ1n) is 3.80. The Morgan fingerprint density at radius 1 is 1.55 bits per heavy atom. The Balaban J connectivity index is 2.95. The monoisotopic (exact) mass is 159 g/mol. The average molecular weight is 159 g/mol. The van der Waals surface area contributed by atoms with E-state index in [4.69, 9.17) is 4.74 Å². The van der Waals surface area contributed by atoms with E-state index in [9.17, 15) is 4.79 Å². The molecule has 0 aliphatic carbocycles. The second kappa shape index (κ2) is 7.54. The fourth-order valence-corrected chi connectivity index (χ4v) is 0.540. The van der Waals surface area contributed by atoms with Gasteiger partial charge in [0.2, 0.25) is 0 Å². The summed E-state index contributed by atoms with van der Waals surface area (Å²) >= 11 is 0.